The molecule has 0 bridgehead atoms. The van der Waals surface area contributed by atoms with Crippen molar-refractivity contribution in [2.24, 2.45) is 0 Å². The molecule has 3 aromatic carbocycles. The Labute approximate surface area is 183 Å². The Morgan fingerprint density at radius 2 is 1.69 bits per heavy atom. The lowest BCUT2D eigenvalue weighted by atomic mass is 10.1. The van der Waals surface area contributed by atoms with Crippen molar-refractivity contribution in [2.45, 2.75) is 6.61 Å². The van der Waals surface area contributed by atoms with Crippen LogP contribution in [0.3, 0.4) is 0 Å². The molecule has 0 spiro atoms. The number of aromatic nitrogens is 3. The number of nitrogens with zero attached hydrogens (tertiary/aromatic N) is 3. The van der Waals surface area contributed by atoms with Crippen LogP contribution in [0.5, 0.6) is 17.2 Å². The third-order valence-electron chi connectivity index (χ3n) is 5.04. The predicted octanol–water partition coefficient (Wildman–Crippen LogP) is 5.04. The van der Waals surface area contributed by atoms with Crippen LogP contribution < -0.4 is 9.47 Å². The lowest BCUT2D eigenvalue weighted by Gasteiger charge is -2.17. The van der Waals surface area contributed by atoms with Crippen molar-refractivity contribution in [3.63, 3.8) is 0 Å². The van der Waals surface area contributed by atoms with E-state index in [9.17, 15) is 4.79 Å². The van der Waals surface area contributed by atoms with Crippen LogP contribution in [-0.4, -0.2) is 27.7 Å². The Morgan fingerprint density at radius 3 is 2.44 bits per heavy atom. The molecule has 158 valence electrons. The molecule has 0 fully saturated rings. The number of hydrogen-bond donors (Lipinski definition) is 0. The number of esters is 1. The summed E-state index contributed by atoms with van der Waals surface area (Å²) in [6, 6.07) is 24.8. The van der Waals surface area contributed by atoms with Crippen molar-refractivity contribution < 1.29 is 19.0 Å². The molecule has 0 radical (unpaired) electrons. The second-order valence-corrected chi connectivity index (χ2v) is 7.03. The maximum Gasteiger partial charge on any atom is 0.360 e. The normalized spacial score (nSPS) is 10.9. The van der Waals surface area contributed by atoms with Gasteiger partial charge in [0, 0.05) is 5.39 Å². The van der Waals surface area contributed by atoms with Crippen LogP contribution in [0.25, 0.3) is 16.4 Å². The monoisotopic (exact) mass is 425 g/mol. The van der Waals surface area contributed by atoms with Crippen molar-refractivity contribution in [3.05, 3.63) is 96.4 Å². The lowest BCUT2D eigenvalue weighted by Crippen LogP contribution is -2.13. The minimum absolute atomic E-state index is 0.167. The minimum Gasteiger partial charge on any atom is -0.486 e. The van der Waals surface area contributed by atoms with Crippen LogP contribution in [0.1, 0.15) is 16.1 Å². The SMILES string of the molecule is COC(=O)c1c(OCc2ccccc2)c2cccc(Oc3ccccc3)c2c2ncnn12. The Kier molecular flexibility index (Phi) is 5.13. The first-order valence-electron chi connectivity index (χ1n) is 10.0. The van der Waals surface area contributed by atoms with E-state index in [1.165, 1.54) is 18.0 Å². The lowest BCUT2D eigenvalue weighted by molar-refractivity contribution is 0.0585. The van der Waals surface area contributed by atoms with Gasteiger partial charge in [0.25, 0.3) is 0 Å². The van der Waals surface area contributed by atoms with E-state index < -0.39 is 5.97 Å². The van der Waals surface area contributed by atoms with Crippen LogP contribution in [-0.2, 0) is 11.3 Å². The molecule has 2 aromatic heterocycles. The first-order chi connectivity index (χ1) is 15.8. The fourth-order valence-electron chi connectivity index (χ4n) is 3.60. The number of benzene rings is 3. The van der Waals surface area contributed by atoms with Gasteiger partial charge < -0.3 is 14.2 Å². The molecule has 5 aromatic rings. The van der Waals surface area contributed by atoms with Crippen LogP contribution in [0.4, 0.5) is 0 Å². The molecule has 0 aliphatic carbocycles. The van der Waals surface area contributed by atoms with Crippen molar-refractivity contribution in [2.75, 3.05) is 7.11 Å². The van der Waals surface area contributed by atoms with Gasteiger partial charge in [0.1, 0.15) is 24.4 Å². The van der Waals surface area contributed by atoms with Gasteiger partial charge in [-0.05, 0) is 23.8 Å². The van der Waals surface area contributed by atoms with Crippen molar-refractivity contribution in [1.82, 2.24) is 14.6 Å². The third-order valence-corrected chi connectivity index (χ3v) is 5.04. The number of pyridine rings is 1. The van der Waals surface area contributed by atoms with Gasteiger partial charge in [-0.25, -0.2) is 14.3 Å². The first-order valence-corrected chi connectivity index (χ1v) is 10.0. The molecule has 0 N–H and O–H groups in total. The van der Waals surface area contributed by atoms with E-state index in [0.717, 1.165) is 5.56 Å². The molecule has 5 rings (SSSR count). The summed E-state index contributed by atoms with van der Waals surface area (Å²) in [5, 5.41) is 5.63. The zero-order valence-electron chi connectivity index (χ0n) is 17.3. The molecule has 0 atom stereocenters. The molecule has 0 saturated carbocycles. The number of carbonyl (C=O) groups excluding carboxylic acids is 1. The summed E-state index contributed by atoms with van der Waals surface area (Å²) in [6.45, 7) is 0.268. The van der Waals surface area contributed by atoms with E-state index in [4.69, 9.17) is 14.2 Å². The molecule has 0 aliphatic rings. The highest BCUT2D eigenvalue weighted by Gasteiger charge is 2.25. The maximum absolute atomic E-state index is 12.8. The standard InChI is InChI=1S/C25H19N3O4/c1-30-25(29)22-23(31-15-17-9-4-2-5-10-17)19-13-8-14-20(32-18-11-6-3-7-12-18)21(19)24-26-16-27-28(22)24/h2-14,16H,15H2,1H3. The van der Waals surface area contributed by atoms with Gasteiger partial charge in [0.15, 0.2) is 17.1 Å². The molecule has 7 nitrogen and oxygen atoms in total. The molecule has 0 unspecified atom stereocenters. The van der Waals surface area contributed by atoms with E-state index in [0.29, 0.717) is 33.7 Å². The second-order valence-electron chi connectivity index (χ2n) is 7.03. The average Bonchev–Trinajstić information content (AvgIpc) is 3.32. The Hall–Kier alpha value is -4.39. The van der Waals surface area contributed by atoms with Crippen LogP contribution in [0, 0.1) is 0 Å². The average molecular weight is 425 g/mol. The second kappa shape index (κ2) is 8.39. The minimum atomic E-state index is -0.570. The summed E-state index contributed by atoms with van der Waals surface area (Å²) in [7, 11) is 1.32. The molecule has 2 heterocycles. The fraction of sp³-hybridized carbons (Fsp3) is 0.0800. The summed E-state index contributed by atoms with van der Waals surface area (Å²) in [4.78, 5) is 17.1. The summed E-state index contributed by atoms with van der Waals surface area (Å²) in [5.41, 5.74) is 1.60. The highest BCUT2D eigenvalue weighted by atomic mass is 16.5. The predicted molar refractivity (Wildman–Crippen MR) is 119 cm³/mol. The number of fused-ring (bicyclic) bond motifs is 3. The Bertz CT molecular complexity index is 1400. The fourth-order valence-corrected chi connectivity index (χ4v) is 3.60. The van der Waals surface area contributed by atoms with E-state index in [-0.39, 0.29) is 12.3 Å². The topological polar surface area (TPSA) is 75.0 Å². The van der Waals surface area contributed by atoms with Gasteiger partial charge in [-0.2, -0.15) is 5.10 Å². The van der Waals surface area contributed by atoms with Gasteiger partial charge in [-0.3, -0.25) is 0 Å². The van der Waals surface area contributed by atoms with E-state index in [1.807, 2.05) is 78.9 Å². The van der Waals surface area contributed by atoms with Crippen LogP contribution >= 0.6 is 0 Å². The molecule has 0 aliphatic heterocycles. The van der Waals surface area contributed by atoms with Gasteiger partial charge in [-0.1, -0.05) is 60.7 Å². The van der Waals surface area contributed by atoms with Crippen LogP contribution in [0.15, 0.2) is 85.2 Å². The van der Waals surface area contributed by atoms with Crippen molar-refractivity contribution in [1.29, 1.82) is 0 Å². The number of rotatable bonds is 6. The van der Waals surface area contributed by atoms with Crippen molar-refractivity contribution in [3.8, 4) is 17.2 Å². The zero-order valence-corrected chi connectivity index (χ0v) is 17.3. The smallest absolute Gasteiger partial charge is 0.360 e. The van der Waals surface area contributed by atoms with E-state index in [1.54, 1.807) is 0 Å². The van der Waals surface area contributed by atoms with Crippen molar-refractivity contribution >= 4 is 22.4 Å². The third kappa shape index (κ3) is 3.50. The number of ether oxygens (including phenoxy) is 3. The van der Waals surface area contributed by atoms with E-state index >= 15 is 0 Å². The molecule has 32 heavy (non-hydrogen) atoms. The number of para-hydroxylation sites is 1. The molecule has 0 saturated heterocycles. The first kappa shape index (κ1) is 19.6. The Morgan fingerprint density at radius 1 is 0.938 bits per heavy atom. The highest BCUT2D eigenvalue weighted by molar-refractivity contribution is 6.08. The maximum atomic E-state index is 12.8. The zero-order chi connectivity index (χ0) is 21.9. The molecule has 0 amide bonds. The van der Waals surface area contributed by atoms with Gasteiger partial charge in [0.2, 0.25) is 0 Å². The summed E-state index contributed by atoms with van der Waals surface area (Å²) >= 11 is 0. The van der Waals surface area contributed by atoms with E-state index in [2.05, 4.69) is 10.1 Å². The van der Waals surface area contributed by atoms with Crippen LogP contribution in [0.2, 0.25) is 0 Å². The number of carbonyl (C=O) groups is 1. The largest absolute Gasteiger partial charge is 0.486 e. The number of methoxy groups -OCH3 is 1. The molecular weight excluding hydrogens is 406 g/mol. The van der Waals surface area contributed by atoms with Gasteiger partial charge >= 0.3 is 5.97 Å². The summed E-state index contributed by atoms with van der Waals surface area (Å²) < 4.78 is 18.8. The summed E-state index contributed by atoms with van der Waals surface area (Å²) in [5.74, 6) is 1.04. The highest BCUT2D eigenvalue weighted by Crippen LogP contribution is 2.39. The molecule has 7 heteroatoms. The number of hydrogen-bond acceptors (Lipinski definition) is 6. The quantitative estimate of drug-likeness (QED) is 0.355. The summed E-state index contributed by atoms with van der Waals surface area (Å²) in [6.07, 6.45) is 1.39. The Balaban J connectivity index is 1.73. The van der Waals surface area contributed by atoms with Gasteiger partial charge in [-0.15, -0.1) is 0 Å². The molecular formula is C25H19N3O4. The van der Waals surface area contributed by atoms with Gasteiger partial charge in [0.05, 0.1) is 12.5 Å².